The van der Waals surface area contributed by atoms with Crippen molar-refractivity contribution in [2.75, 3.05) is 57.0 Å². The molecule has 1 aromatic heterocycles. The molecule has 0 spiro atoms. The van der Waals surface area contributed by atoms with E-state index in [9.17, 15) is 4.79 Å². The van der Waals surface area contributed by atoms with E-state index < -0.39 is 0 Å². The molecule has 35 heavy (non-hydrogen) atoms. The van der Waals surface area contributed by atoms with Gasteiger partial charge in [-0.3, -0.25) is 14.6 Å². The van der Waals surface area contributed by atoms with Crippen LogP contribution in [-0.2, 0) is 9.53 Å². The van der Waals surface area contributed by atoms with E-state index in [4.69, 9.17) is 15.2 Å². The summed E-state index contributed by atoms with van der Waals surface area (Å²) in [6.07, 6.45) is 2.07. The smallest absolute Gasteiger partial charge is 0.307 e. The van der Waals surface area contributed by atoms with Gasteiger partial charge >= 0.3 is 5.97 Å². The fourth-order valence-corrected chi connectivity index (χ4v) is 4.74. The van der Waals surface area contributed by atoms with Crippen LogP contribution in [0.4, 0.5) is 11.5 Å². The minimum absolute atomic E-state index is 0.0855. The molecular weight excluding hydrogens is 444 g/mol. The van der Waals surface area contributed by atoms with E-state index in [0.29, 0.717) is 31.1 Å². The van der Waals surface area contributed by atoms with Crippen molar-refractivity contribution in [3.8, 4) is 5.75 Å². The topological polar surface area (TPSA) is 106 Å². The van der Waals surface area contributed by atoms with Crippen molar-refractivity contribution in [1.82, 2.24) is 19.8 Å². The third-order valence-electron chi connectivity index (χ3n) is 6.85. The molecule has 2 aliphatic heterocycles. The van der Waals surface area contributed by atoms with Crippen LogP contribution in [0.1, 0.15) is 24.9 Å². The number of anilines is 2. The molecule has 0 bridgehead atoms. The molecule has 2 aliphatic rings. The Kier molecular flexibility index (Phi) is 6.96. The van der Waals surface area contributed by atoms with E-state index in [1.165, 1.54) is 5.56 Å². The van der Waals surface area contributed by atoms with Gasteiger partial charge in [0.1, 0.15) is 31.1 Å². The summed E-state index contributed by atoms with van der Waals surface area (Å²) >= 11 is 0. The second-order valence-corrected chi connectivity index (χ2v) is 9.17. The van der Waals surface area contributed by atoms with Gasteiger partial charge < -0.3 is 20.5 Å². The second-order valence-electron chi connectivity index (χ2n) is 9.17. The van der Waals surface area contributed by atoms with Crippen LogP contribution in [0.3, 0.4) is 0 Å². The molecule has 0 amide bonds. The molecule has 2 fully saturated rings. The lowest BCUT2D eigenvalue weighted by atomic mass is 10.1. The number of fused-ring (bicyclic) bond motifs is 1. The summed E-state index contributed by atoms with van der Waals surface area (Å²) < 4.78 is 11.2. The van der Waals surface area contributed by atoms with Crippen LogP contribution < -0.4 is 15.8 Å². The van der Waals surface area contributed by atoms with Crippen LogP contribution >= 0.6 is 0 Å². The number of nitrogen functional groups attached to an aromatic ring is 1. The monoisotopic (exact) mass is 476 g/mol. The number of nitrogens with one attached hydrogen (secondary N) is 1. The van der Waals surface area contributed by atoms with Crippen LogP contribution in [0, 0.1) is 0 Å². The molecule has 3 aromatic rings. The maximum atomic E-state index is 11.4. The number of benzene rings is 2. The van der Waals surface area contributed by atoms with Crippen molar-refractivity contribution in [1.29, 1.82) is 0 Å². The van der Waals surface area contributed by atoms with Gasteiger partial charge in [0.2, 0.25) is 0 Å². The average Bonchev–Trinajstić information content (AvgIpc) is 3.32. The van der Waals surface area contributed by atoms with Crippen molar-refractivity contribution in [3.05, 3.63) is 54.4 Å². The van der Waals surface area contributed by atoms with Crippen LogP contribution in [0.15, 0.2) is 48.8 Å². The van der Waals surface area contributed by atoms with Crippen molar-refractivity contribution < 1.29 is 14.3 Å². The zero-order valence-electron chi connectivity index (χ0n) is 20.0. The van der Waals surface area contributed by atoms with Crippen LogP contribution in [-0.4, -0.2) is 77.7 Å². The van der Waals surface area contributed by atoms with Crippen molar-refractivity contribution in [3.63, 3.8) is 0 Å². The highest BCUT2D eigenvalue weighted by atomic mass is 16.5. The number of hydrogen-bond acceptors (Lipinski definition) is 9. The highest BCUT2D eigenvalue weighted by molar-refractivity contribution is 5.93. The number of nitrogens with zero attached hydrogens (tertiary/aromatic N) is 4. The molecule has 5 rings (SSSR count). The second kappa shape index (κ2) is 10.5. The Bertz CT molecular complexity index is 1170. The molecule has 0 radical (unpaired) electrons. The molecule has 3 heterocycles. The number of carbonyl (C=O) groups excluding carboxylic acids is 1. The van der Waals surface area contributed by atoms with Gasteiger partial charge in [0.25, 0.3) is 0 Å². The lowest BCUT2D eigenvalue weighted by Crippen LogP contribution is -2.51. The van der Waals surface area contributed by atoms with Gasteiger partial charge in [-0.2, -0.15) is 0 Å². The summed E-state index contributed by atoms with van der Waals surface area (Å²) in [4.78, 5) is 25.0. The first kappa shape index (κ1) is 23.3. The zero-order valence-corrected chi connectivity index (χ0v) is 20.0. The van der Waals surface area contributed by atoms with Crippen molar-refractivity contribution in [2.45, 2.75) is 25.4 Å². The van der Waals surface area contributed by atoms with Crippen LogP contribution in [0.25, 0.3) is 10.9 Å². The number of rotatable bonds is 8. The third kappa shape index (κ3) is 5.47. The summed E-state index contributed by atoms with van der Waals surface area (Å²) in [5.41, 5.74) is 8.88. The molecule has 0 saturated carbocycles. The first-order chi connectivity index (χ1) is 17.1. The predicted octanol–water partition coefficient (Wildman–Crippen LogP) is 2.70. The Morgan fingerprint density at radius 3 is 2.71 bits per heavy atom. The maximum absolute atomic E-state index is 11.4. The molecular formula is C26H32N6O3. The van der Waals surface area contributed by atoms with Crippen LogP contribution in [0.2, 0.25) is 0 Å². The Balaban J connectivity index is 1.17. The zero-order chi connectivity index (χ0) is 24.2. The molecule has 3 N–H and O–H groups in total. The molecule has 184 valence electrons. The Labute approximate surface area is 205 Å². The summed E-state index contributed by atoms with van der Waals surface area (Å²) in [5, 5.41) is 4.34. The van der Waals surface area contributed by atoms with Gasteiger partial charge in [0.05, 0.1) is 23.7 Å². The molecule has 2 saturated heterocycles. The first-order valence-corrected chi connectivity index (χ1v) is 12.2. The highest BCUT2D eigenvalue weighted by Crippen LogP contribution is 2.31. The maximum Gasteiger partial charge on any atom is 0.307 e. The van der Waals surface area contributed by atoms with E-state index in [2.05, 4.69) is 44.1 Å². The number of cyclic esters (lactones) is 1. The SMILES string of the molecule is CC(Nc1ncnc2cc(OCCN3CCN(C4COC(=O)C4)CC3)c(N)cc12)c1ccccc1. The molecule has 2 aromatic carbocycles. The summed E-state index contributed by atoms with van der Waals surface area (Å²) in [5.74, 6) is 1.30. The van der Waals surface area contributed by atoms with E-state index in [1.807, 2.05) is 30.3 Å². The summed E-state index contributed by atoms with van der Waals surface area (Å²) in [6, 6.07) is 14.3. The van der Waals surface area contributed by atoms with Gasteiger partial charge in [0.15, 0.2) is 0 Å². The average molecular weight is 477 g/mol. The number of hydrogen-bond donors (Lipinski definition) is 2. The number of aromatic nitrogens is 2. The van der Waals surface area contributed by atoms with E-state index >= 15 is 0 Å². The molecule has 2 atom stereocenters. The third-order valence-corrected chi connectivity index (χ3v) is 6.85. The first-order valence-electron chi connectivity index (χ1n) is 12.2. The predicted molar refractivity (Wildman–Crippen MR) is 135 cm³/mol. The van der Waals surface area contributed by atoms with E-state index in [0.717, 1.165) is 49.4 Å². The highest BCUT2D eigenvalue weighted by Gasteiger charge is 2.31. The number of esters is 1. The van der Waals surface area contributed by atoms with Crippen molar-refractivity contribution in [2.24, 2.45) is 0 Å². The number of carbonyl (C=O) groups is 1. The molecule has 0 aliphatic carbocycles. The Morgan fingerprint density at radius 2 is 1.97 bits per heavy atom. The quantitative estimate of drug-likeness (QED) is 0.375. The Morgan fingerprint density at radius 1 is 1.17 bits per heavy atom. The standard InChI is InChI=1S/C26H32N6O3/c1-18(19-5-3-2-4-6-19)30-26-21-14-22(27)24(15-23(21)28-17-29-26)34-12-11-31-7-9-32(10-8-31)20-13-25(33)35-16-20/h2-6,14-15,17-18,20H,7-13,16,27H2,1H3,(H,28,29,30). The van der Waals surface area contributed by atoms with Gasteiger partial charge in [-0.15, -0.1) is 0 Å². The normalized spacial score (nSPS) is 20.0. The van der Waals surface area contributed by atoms with Crippen LogP contribution in [0.5, 0.6) is 5.75 Å². The minimum Gasteiger partial charge on any atom is -0.490 e. The van der Waals surface area contributed by atoms with Gasteiger partial charge in [-0.1, -0.05) is 30.3 Å². The summed E-state index contributed by atoms with van der Waals surface area (Å²) in [7, 11) is 0. The molecule has 9 heteroatoms. The lowest BCUT2D eigenvalue weighted by molar-refractivity contribution is -0.137. The van der Waals surface area contributed by atoms with Crippen molar-refractivity contribution >= 4 is 28.4 Å². The minimum atomic E-state index is -0.0855. The van der Waals surface area contributed by atoms with E-state index in [-0.39, 0.29) is 18.1 Å². The number of nitrogens with two attached hydrogens (primary N) is 1. The summed E-state index contributed by atoms with van der Waals surface area (Å²) in [6.45, 7) is 7.76. The number of ether oxygens (including phenoxy) is 2. The van der Waals surface area contributed by atoms with E-state index in [1.54, 1.807) is 6.33 Å². The molecule has 2 unspecified atom stereocenters. The van der Waals surface area contributed by atoms with Gasteiger partial charge in [-0.05, 0) is 18.6 Å². The lowest BCUT2D eigenvalue weighted by Gasteiger charge is -2.36. The number of piperazine rings is 1. The fourth-order valence-electron chi connectivity index (χ4n) is 4.74. The molecule has 9 nitrogen and oxygen atoms in total. The van der Waals surface area contributed by atoms with Gasteiger partial charge in [-0.25, -0.2) is 9.97 Å². The fraction of sp³-hybridized carbons (Fsp3) is 0.423. The van der Waals surface area contributed by atoms with Gasteiger partial charge in [0, 0.05) is 50.2 Å². The Hall–Kier alpha value is -3.43. The largest absolute Gasteiger partial charge is 0.490 e.